The number of ketones is 3. The third-order valence-electron chi connectivity index (χ3n) is 17.1. The van der Waals surface area contributed by atoms with Crippen LogP contribution >= 0.6 is 23.2 Å². The predicted molar refractivity (Wildman–Crippen MR) is 356 cm³/mol. The molecule has 20 heteroatoms. The molecule has 18 nitrogen and oxygen atoms in total. The molecule has 8 aromatic carbocycles. The summed E-state index contributed by atoms with van der Waals surface area (Å²) in [6, 6.07) is 49.2. The van der Waals surface area contributed by atoms with Crippen LogP contribution in [0.4, 0.5) is 16.2 Å². The van der Waals surface area contributed by atoms with E-state index in [0.717, 1.165) is 87.4 Å². The van der Waals surface area contributed by atoms with Crippen molar-refractivity contribution in [3.63, 3.8) is 0 Å². The average molecular weight is 1270 g/mol. The van der Waals surface area contributed by atoms with Crippen molar-refractivity contribution < 1.29 is 48.0 Å². The fourth-order valence-corrected chi connectivity index (χ4v) is 13.4. The highest BCUT2D eigenvalue weighted by Gasteiger charge is 2.40. The quantitative estimate of drug-likeness (QED) is 0.0559. The molecule has 4 aliphatic heterocycles. The number of nitrogens with one attached hydrogen (secondary N) is 6. The summed E-state index contributed by atoms with van der Waals surface area (Å²) in [4.78, 5) is 115. The molecule has 4 amide bonds. The van der Waals surface area contributed by atoms with Crippen molar-refractivity contribution in [2.24, 2.45) is 0 Å². The molecule has 0 aliphatic carbocycles. The fraction of sp³-hybridized carbons (Fsp3) is 0.181. The molecule has 92 heavy (non-hydrogen) atoms. The van der Waals surface area contributed by atoms with Crippen LogP contribution in [0.5, 0.6) is 11.5 Å². The van der Waals surface area contributed by atoms with E-state index in [-0.39, 0.29) is 53.3 Å². The molecule has 460 valence electrons. The molecule has 0 fully saturated rings. The first-order chi connectivity index (χ1) is 44.4. The first kappa shape index (κ1) is 59.0. The maximum absolute atomic E-state index is 13.9. The molecule has 4 aliphatic rings. The van der Waals surface area contributed by atoms with Gasteiger partial charge < -0.3 is 39.2 Å². The van der Waals surface area contributed by atoms with Crippen LogP contribution in [0, 0.1) is 0 Å². The van der Waals surface area contributed by atoms with Crippen LogP contribution in [0.1, 0.15) is 124 Å². The molecule has 0 radical (unpaired) electrons. The van der Waals surface area contributed by atoms with Crippen molar-refractivity contribution in [1.82, 2.24) is 30.9 Å². The van der Waals surface area contributed by atoms with E-state index in [1.54, 1.807) is 34.1 Å². The number of hydrogen-bond donors (Lipinski definition) is 6. The van der Waals surface area contributed by atoms with Gasteiger partial charge in [-0.1, -0.05) is 72.8 Å². The number of para-hydroxylation sites is 2. The molecule has 0 saturated heterocycles. The molecular weight excluding hydrogens is 1210 g/mol. The number of aromatic nitrogens is 4. The van der Waals surface area contributed by atoms with Crippen LogP contribution < -0.4 is 30.4 Å². The molecule has 0 saturated carbocycles. The van der Waals surface area contributed by atoms with Gasteiger partial charge >= 0.3 is 6.09 Å². The third kappa shape index (κ3) is 10.8. The van der Waals surface area contributed by atoms with Crippen molar-refractivity contribution >= 4 is 141 Å². The standard InChI is InChI=1S/C33H23ClN4O4.C20H16N2O2.C19H19ClN2O4/c34-15-20-16-38(27-14-29-31-21(30(20)27)5-3-6-22(31)32(40)37-42-29)33(41)26-13-19-10-17(8-9-24(19)36-26)11-28(39)25-12-18-4-1-2-7-23(18)35-25;1-12(23)18-11-15-8-13(6-7-17(15)21-18)9-20(24)19-10-14-4-2-3-5-16(14)22-19;1-19(2,3)25-18(24)22-9-10(8-20)15-11-5-4-6-12-16(11)14(7-13(15)22)26-21-17(12)23/h1-10,12-14,20,35-36H,11,15-16H2,(H,37,40);2-8,10-11,21-22H,9H2,1H3;4-7,10H,8-9H2,1-3H3,(H,21,23)/t20-;;/m1../s1. The number of aromatic amines is 4. The topological polar surface area (TPSA) is 241 Å². The van der Waals surface area contributed by atoms with Crippen LogP contribution in [0.15, 0.2) is 158 Å². The number of hydrogen-bond acceptors (Lipinski definition) is 10. The highest BCUT2D eigenvalue weighted by molar-refractivity contribution is 6.21. The van der Waals surface area contributed by atoms with Crippen LogP contribution in [-0.2, 0) is 17.6 Å². The van der Waals surface area contributed by atoms with Gasteiger partial charge in [-0.2, -0.15) is 11.0 Å². The van der Waals surface area contributed by atoms with Gasteiger partial charge in [0, 0.05) is 123 Å². The summed E-state index contributed by atoms with van der Waals surface area (Å²) >= 11 is 12.6. The summed E-state index contributed by atoms with van der Waals surface area (Å²) in [6.45, 7) is 7.85. The summed E-state index contributed by atoms with van der Waals surface area (Å²) in [7, 11) is 0. The summed E-state index contributed by atoms with van der Waals surface area (Å²) in [5, 5.41) is 7.03. The van der Waals surface area contributed by atoms with Crippen LogP contribution in [0.3, 0.4) is 0 Å². The number of nitrogens with zero attached hydrogens (tertiary/aromatic N) is 2. The number of halogens is 2. The van der Waals surface area contributed by atoms with Crippen LogP contribution in [0.2, 0.25) is 0 Å². The summed E-state index contributed by atoms with van der Waals surface area (Å²) in [5.41, 5.74) is 16.2. The Labute approximate surface area is 535 Å². The second kappa shape index (κ2) is 23.3. The maximum Gasteiger partial charge on any atom is 0.414 e. The van der Waals surface area contributed by atoms with Gasteiger partial charge in [0.2, 0.25) is 0 Å². The molecule has 16 rings (SSSR count). The largest absolute Gasteiger partial charge is 0.443 e. The smallest absolute Gasteiger partial charge is 0.414 e. The van der Waals surface area contributed by atoms with E-state index in [1.807, 2.05) is 154 Å². The van der Waals surface area contributed by atoms with Gasteiger partial charge in [-0.25, -0.2) is 4.79 Å². The van der Waals surface area contributed by atoms with Crippen LogP contribution in [-0.4, -0.2) is 91.6 Å². The highest BCUT2D eigenvalue weighted by atomic mass is 35.5. The molecule has 2 atom stereocenters. The Balaban J connectivity index is 0.000000127. The van der Waals surface area contributed by atoms with E-state index >= 15 is 0 Å². The number of anilines is 2. The zero-order valence-electron chi connectivity index (χ0n) is 50.1. The lowest BCUT2D eigenvalue weighted by molar-refractivity contribution is 0.0580. The fourth-order valence-electron chi connectivity index (χ4n) is 12.9. The number of amides is 4. The van der Waals surface area contributed by atoms with Crippen molar-refractivity contribution in [3.05, 3.63) is 214 Å². The normalized spacial score (nSPS) is 15.3. The Morgan fingerprint density at radius 2 is 0.946 bits per heavy atom. The van der Waals surface area contributed by atoms with Crippen molar-refractivity contribution in [3.8, 4) is 11.5 Å². The third-order valence-corrected chi connectivity index (χ3v) is 17.8. The van der Waals surface area contributed by atoms with E-state index in [0.29, 0.717) is 88.0 Å². The monoisotopic (exact) mass is 1260 g/mol. The van der Waals surface area contributed by atoms with E-state index in [9.17, 15) is 33.6 Å². The molecule has 1 unspecified atom stereocenters. The molecular formula is C72H58Cl2N8O10. The van der Waals surface area contributed by atoms with Gasteiger partial charge in [0.05, 0.1) is 39.6 Å². The molecule has 12 aromatic rings. The zero-order valence-corrected chi connectivity index (χ0v) is 51.7. The zero-order chi connectivity index (χ0) is 63.9. The summed E-state index contributed by atoms with van der Waals surface area (Å²) in [5.74, 6) is 0.796. The Hall–Kier alpha value is -10.7. The summed E-state index contributed by atoms with van der Waals surface area (Å²) in [6.07, 6.45) is 0.139. The number of carbonyl (C=O) groups excluding carboxylic acids is 7. The van der Waals surface area contributed by atoms with Crippen LogP contribution in [0.25, 0.3) is 65.2 Å². The minimum absolute atomic E-state index is 0.00176. The number of carbonyl (C=O) groups is 7. The minimum atomic E-state index is -0.598. The molecule has 8 heterocycles. The Morgan fingerprint density at radius 3 is 1.42 bits per heavy atom. The second-order valence-electron chi connectivity index (χ2n) is 24.4. The van der Waals surface area contributed by atoms with E-state index in [2.05, 4.69) is 30.9 Å². The number of rotatable bonds is 10. The van der Waals surface area contributed by atoms with Gasteiger partial charge in [0.1, 0.15) is 11.3 Å². The summed E-state index contributed by atoms with van der Waals surface area (Å²) < 4.78 is 5.55. The Bertz CT molecular complexity index is 5040. The number of benzene rings is 8. The second-order valence-corrected chi connectivity index (χ2v) is 25.0. The number of alkyl halides is 2. The van der Waals surface area contributed by atoms with E-state index in [1.165, 1.54) is 6.92 Å². The molecule has 6 N–H and O–H groups in total. The van der Waals surface area contributed by atoms with Gasteiger partial charge in [0.25, 0.3) is 17.7 Å². The number of Topliss-reactive ketones (excluding diaryl/α,β-unsaturated/α-hetero) is 3. The van der Waals surface area contributed by atoms with Crippen molar-refractivity contribution in [2.75, 3.05) is 34.6 Å². The average Bonchev–Trinajstić information content (AvgIpc) is 1.45. The lowest BCUT2D eigenvalue weighted by atomic mass is 9.92. The predicted octanol–water partition coefficient (Wildman–Crippen LogP) is 14.5. The first-order valence-electron chi connectivity index (χ1n) is 29.9. The number of ether oxygens (including phenoxy) is 1. The Morgan fingerprint density at radius 1 is 0.511 bits per heavy atom. The van der Waals surface area contributed by atoms with Gasteiger partial charge in [0.15, 0.2) is 28.8 Å². The molecule has 0 bridgehead atoms. The number of fused-ring (bicyclic) bond motifs is 8. The Kier molecular flexibility index (Phi) is 14.9. The van der Waals surface area contributed by atoms with Gasteiger partial charge in [-0.3, -0.25) is 33.7 Å². The SMILES string of the molecule is CC(=O)c1cc2cc(CC(=O)c3cc4ccccc4[nH]3)ccc2[nH]1.CC(C)(C)OC(=O)N1CC(CCl)c2c1cc1c3c(cccc23)C(=O)NO1.O=C(Cc1ccc2[nH]c(C(=O)N3C[C@@H](CCl)c4c3cc3c5c(cccc45)C(=O)NO3)cc2c1)c1cc2ccccc2[nH]1. The molecule has 0 spiro atoms. The first-order valence-corrected chi connectivity index (χ1v) is 31.0. The maximum atomic E-state index is 13.9. The lowest BCUT2D eigenvalue weighted by Gasteiger charge is -2.26. The van der Waals surface area contributed by atoms with E-state index in [4.69, 9.17) is 37.6 Å². The van der Waals surface area contributed by atoms with E-state index < -0.39 is 11.7 Å². The number of H-pyrrole nitrogens is 4. The van der Waals surface area contributed by atoms with Crippen molar-refractivity contribution in [1.29, 1.82) is 0 Å². The minimum Gasteiger partial charge on any atom is -0.443 e. The number of hydroxylamine groups is 2. The van der Waals surface area contributed by atoms with Gasteiger partial charge in [-0.15, -0.1) is 23.2 Å². The van der Waals surface area contributed by atoms with Crippen molar-refractivity contribution in [2.45, 2.75) is 58.0 Å². The molecule has 4 aromatic heterocycles. The lowest BCUT2D eigenvalue weighted by Crippen LogP contribution is -2.36. The highest BCUT2D eigenvalue weighted by Crippen LogP contribution is 2.49. The van der Waals surface area contributed by atoms with Gasteiger partial charge in [-0.05, 0) is 127 Å².